The number of benzene rings is 1. The average molecular weight is 469 g/mol. The van der Waals surface area contributed by atoms with Gasteiger partial charge in [-0.1, -0.05) is 40.5 Å². The van der Waals surface area contributed by atoms with E-state index in [1.165, 1.54) is 25.7 Å². The van der Waals surface area contributed by atoms with E-state index in [2.05, 4.69) is 53.1 Å². The molecule has 0 unspecified atom stereocenters. The van der Waals surface area contributed by atoms with Crippen molar-refractivity contribution in [3.63, 3.8) is 0 Å². The van der Waals surface area contributed by atoms with E-state index >= 15 is 0 Å². The first-order valence-corrected chi connectivity index (χ1v) is 9.59. The highest BCUT2D eigenvalue weighted by Gasteiger charge is 2.38. The van der Waals surface area contributed by atoms with Crippen molar-refractivity contribution in [2.75, 3.05) is 11.1 Å². The molecule has 1 fully saturated rings. The lowest BCUT2D eigenvalue weighted by Gasteiger charge is -2.16. The number of nitrogens with zero attached hydrogens (tertiary/aromatic N) is 1. The predicted molar refractivity (Wildman–Crippen MR) is 94.3 cm³/mol. The van der Waals surface area contributed by atoms with Gasteiger partial charge in [0.25, 0.3) is 0 Å². The van der Waals surface area contributed by atoms with E-state index in [-0.39, 0.29) is 5.54 Å². The summed E-state index contributed by atoms with van der Waals surface area (Å²) in [5.74, 6) is 1.13. The Morgan fingerprint density at radius 1 is 1.11 bits per heavy atom. The third kappa shape index (κ3) is 3.06. The van der Waals surface area contributed by atoms with E-state index in [9.17, 15) is 0 Å². The lowest BCUT2D eigenvalue weighted by molar-refractivity contribution is 0.508. The highest BCUT2D eigenvalue weighted by Crippen LogP contribution is 2.42. The SMILES string of the molecule is Brc1cc(Br)c(NC2=NC3(CCCC3)CS2)c(Br)c1. The van der Waals surface area contributed by atoms with Crippen LogP contribution in [0, 0.1) is 0 Å². The van der Waals surface area contributed by atoms with Crippen LogP contribution in [0.2, 0.25) is 0 Å². The summed E-state index contributed by atoms with van der Waals surface area (Å²) in [6.07, 6.45) is 5.13. The van der Waals surface area contributed by atoms with Gasteiger partial charge in [-0.3, -0.25) is 4.99 Å². The zero-order valence-corrected chi connectivity index (χ0v) is 15.8. The lowest BCUT2D eigenvalue weighted by Crippen LogP contribution is -2.21. The summed E-state index contributed by atoms with van der Waals surface area (Å²) in [6, 6.07) is 4.08. The number of rotatable bonds is 1. The van der Waals surface area contributed by atoms with Crippen LogP contribution in [0.25, 0.3) is 0 Å². The van der Waals surface area contributed by atoms with Crippen LogP contribution in [0.3, 0.4) is 0 Å². The van der Waals surface area contributed by atoms with Crippen LogP contribution in [0.5, 0.6) is 0 Å². The third-order valence-corrected chi connectivity index (χ3v) is 6.45. The van der Waals surface area contributed by atoms with Crippen LogP contribution in [-0.4, -0.2) is 16.5 Å². The molecule has 6 heteroatoms. The van der Waals surface area contributed by atoms with Crippen molar-refractivity contribution in [3.8, 4) is 0 Å². The van der Waals surface area contributed by atoms with E-state index in [1.54, 1.807) is 0 Å². The Morgan fingerprint density at radius 3 is 2.37 bits per heavy atom. The van der Waals surface area contributed by atoms with Crippen LogP contribution in [0.4, 0.5) is 5.69 Å². The first-order valence-electron chi connectivity index (χ1n) is 6.22. The maximum Gasteiger partial charge on any atom is 0.161 e. The van der Waals surface area contributed by atoms with Crippen LogP contribution >= 0.6 is 59.6 Å². The van der Waals surface area contributed by atoms with Gasteiger partial charge in [0, 0.05) is 19.2 Å². The Bertz CT molecular complexity index is 516. The van der Waals surface area contributed by atoms with Gasteiger partial charge in [-0.2, -0.15) is 0 Å². The number of halogens is 3. The second kappa shape index (κ2) is 5.70. The van der Waals surface area contributed by atoms with Crippen LogP contribution in [-0.2, 0) is 0 Å². The minimum atomic E-state index is 0.224. The van der Waals surface area contributed by atoms with Crippen molar-refractivity contribution in [3.05, 3.63) is 25.6 Å². The molecule has 1 saturated carbocycles. The molecule has 0 atom stereocenters. The summed E-state index contributed by atoms with van der Waals surface area (Å²) in [6.45, 7) is 0. The number of nitrogens with one attached hydrogen (secondary N) is 1. The molecular weight excluding hydrogens is 456 g/mol. The highest BCUT2D eigenvalue weighted by molar-refractivity contribution is 9.11. The largest absolute Gasteiger partial charge is 0.333 e. The summed E-state index contributed by atoms with van der Waals surface area (Å²) < 4.78 is 3.11. The van der Waals surface area contributed by atoms with Crippen molar-refractivity contribution >= 4 is 70.4 Å². The molecule has 1 aromatic rings. The smallest absolute Gasteiger partial charge is 0.161 e. The molecule has 1 N–H and O–H groups in total. The zero-order valence-electron chi connectivity index (χ0n) is 10.2. The molecule has 0 aromatic heterocycles. The van der Waals surface area contributed by atoms with Crippen molar-refractivity contribution in [1.82, 2.24) is 0 Å². The van der Waals surface area contributed by atoms with E-state index in [1.807, 2.05) is 23.9 Å². The number of anilines is 1. The van der Waals surface area contributed by atoms with Crippen molar-refractivity contribution in [2.45, 2.75) is 31.2 Å². The number of amidine groups is 1. The number of thioether (sulfide) groups is 1. The molecular formula is C13H13Br3N2S. The Hall–Kier alpha value is 0.480. The molecule has 1 aliphatic heterocycles. The molecule has 102 valence electrons. The van der Waals surface area contributed by atoms with Crippen molar-refractivity contribution in [2.24, 2.45) is 4.99 Å². The summed E-state index contributed by atoms with van der Waals surface area (Å²) >= 11 is 12.5. The first kappa shape index (κ1) is 14.4. The molecule has 2 aliphatic rings. The molecule has 2 nitrogen and oxygen atoms in total. The average Bonchev–Trinajstić information content (AvgIpc) is 2.95. The van der Waals surface area contributed by atoms with Gasteiger partial charge in [0.15, 0.2) is 5.17 Å². The molecule has 1 aromatic carbocycles. The van der Waals surface area contributed by atoms with Gasteiger partial charge < -0.3 is 5.32 Å². The molecule has 0 amide bonds. The second-order valence-corrected chi connectivity index (χ2v) is 8.59. The van der Waals surface area contributed by atoms with Gasteiger partial charge in [-0.25, -0.2) is 0 Å². The van der Waals surface area contributed by atoms with Gasteiger partial charge in [-0.05, 0) is 56.8 Å². The van der Waals surface area contributed by atoms with Gasteiger partial charge in [0.1, 0.15) is 0 Å². The summed E-state index contributed by atoms with van der Waals surface area (Å²) in [4.78, 5) is 4.93. The molecule has 19 heavy (non-hydrogen) atoms. The maximum atomic E-state index is 4.93. The topological polar surface area (TPSA) is 24.4 Å². The van der Waals surface area contributed by atoms with Crippen LogP contribution in [0.15, 0.2) is 30.5 Å². The minimum absolute atomic E-state index is 0.224. The van der Waals surface area contributed by atoms with Gasteiger partial charge in [0.05, 0.1) is 11.2 Å². The Labute approximate surface area is 142 Å². The zero-order chi connectivity index (χ0) is 13.5. The lowest BCUT2D eigenvalue weighted by atomic mass is 10.0. The Morgan fingerprint density at radius 2 is 1.74 bits per heavy atom. The second-order valence-electron chi connectivity index (χ2n) is 5.01. The normalized spacial score (nSPS) is 20.9. The molecule has 1 spiro atoms. The molecule has 0 radical (unpaired) electrons. The van der Waals surface area contributed by atoms with Crippen molar-refractivity contribution < 1.29 is 0 Å². The standard InChI is InChI=1S/C13H13Br3N2S/c14-8-5-9(15)11(10(16)6-8)17-12-18-13(7-19-12)3-1-2-4-13/h5-6H,1-4,7H2,(H,17,18). The van der Waals surface area contributed by atoms with Crippen molar-refractivity contribution in [1.29, 1.82) is 0 Å². The molecule has 1 aliphatic carbocycles. The monoisotopic (exact) mass is 466 g/mol. The van der Waals surface area contributed by atoms with E-state index < -0.39 is 0 Å². The fourth-order valence-electron chi connectivity index (χ4n) is 2.60. The fourth-order valence-corrected chi connectivity index (χ4v) is 6.25. The van der Waals surface area contributed by atoms with Gasteiger partial charge in [0.2, 0.25) is 0 Å². The van der Waals surface area contributed by atoms with Crippen LogP contribution in [0.1, 0.15) is 25.7 Å². The van der Waals surface area contributed by atoms with Crippen LogP contribution < -0.4 is 5.32 Å². The minimum Gasteiger partial charge on any atom is -0.333 e. The van der Waals surface area contributed by atoms with Gasteiger partial charge >= 0.3 is 0 Å². The fraction of sp³-hybridized carbons (Fsp3) is 0.462. The van der Waals surface area contributed by atoms with Gasteiger partial charge in [-0.15, -0.1) is 0 Å². The Kier molecular flexibility index (Phi) is 4.32. The maximum absolute atomic E-state index is 4.93. The summed E-state index contributed by atoms with van der Waals surface area (Å²) in [5.41, 5.74) is 1.27. The van der Waals surface area contributed by atoms with E-state index in [4.69, 9.17) is 4.99 Å². The third-order valence-electron chi connectivity index (χ3n) is 3.59. The summed E-state index contributed by atoms with van der Waals surface area (Å²) in [5, 5.41) is 4.50. The number of aliphatic imine (C=N–C) groups is 1. The predicted octanol–water partition coefficient (Wildman–Crippen LogP) is 5.80. The molecule has 0 bridgehead atoms. The van der Waals surface area contributed by atoms with E-state index in [0.717, 1.165) is 30.0 Å². The highest BCUT2D eigenvalue weighted by atomic mass is 79.9. The Balaban J connectivity index is 1.83. The molecule has 0 saturated heterocycles. The number of hydrogen-bond donors (Lipinski definition) is 1. The first-order chi connectivity index (χ1) is 9.08. The number of hydrogen-bond acceptors (Lipinski definition) is 3. The summed E-state index contributed by atoms with van der Waals surface area (Å²) in [7, 11) is 0. The van der Waals surface area contributed by atoms with E-state index in [0.29, 0.717) is 0 Å². The quantitative estimate of drug-likeness (QED) is 0.563. The molecule has 3 rings (SSSR count). The molecule has 1 heterocycles.